The smallest absolute Gasteiger partial charge is 0.332 e. The zero-order valence-electron chi connectivity index (χ0n) is 12.7. The molecule has 2 amide bonds. The van der Waals surface area contributed by atoms with Gasteiger partial charge >= 0.3 is 12.0 Å². The molecular weight excluding hydrogens is 272 g/mol. The second-order valence-corrected chi connectivity index (χ2v) is 6.49. The van der Waals surface area contributed by atoms with Crippen molar-refractivity contribution in [1.29, 1.82) is 0 Å². The van der Waals surface area contributed by atoms with E-state index in [2.05, 4.69) is 17.6 Å². The summed E-state index contributed by atoms with van der Waals surface area (Å²) in [6.07, 6.45) is 6.30. The molecule has 0 aromatic carbocycles. The molecule has 6 nitrogen and oxygen atoms in total. The third-order valence-corrected chi connectivity index (χ3v) is 4.76. The number of amides is 2. The van der Waals surface area contributed by atoms with Crippen LogP contribution >= 0.6 is 0 Å². The van der Waals surface area contributed by atoms with E-state index in [1.165, 1.54) is 25.7 Å². The predicted octanol–water partition coefficient (Wildman–Crippen LogP) is 1.75. The van der Waals surface area contributed by atoms with Crippen molar-refractivity contribution in [2.24, 2.45) is 11.8 Å². The normalized spacial score (nSPS) is 32.6. The van der Waals surface area contributed by atoms with Gasteiger partial charge in [0.25, 0.3) is 0 Å². The Labute approximate surface area is 125 Å². The molecule has 21 heavy (non-hydrogen) atoms. The summed E-state index contributed by atoms with van der Waals surface area (Å²) in [6.45, 7) is 3.29. The molecule has 6 heteroatoms. The van der Waals surface area contributed by atoms with E-state index < -0.39 is 17.5 Å². The van der Waals surface area contributed by atoms with Gasteiger partial charge in [-0.2, -0.15) is 0 Å². The molecule has 1 unspecified atom stereocenters. The Balaban J connectivity index is 1.68. The maximum Gasteiger partial charge on any atom is 0.332 e. The average Bonchev–Trinajstić information content (AvgIpc) is 2.91. The van der Waals surface area contributed by atoms with Crippen molar-refractivity contribution in [2.75, 3.05) is 19.8 Å². The molecule has 2 aliphatic rings. The van der Waals surface area contributed by atoms with E-state index in [0.717, 1.165) is 12.3 Å². The van der Waals surface area contributed by atoms with Gasteiger partial charge in [-0.05, 0) is 18.3 Å². The molecule has 0 aromatic heterocycles. The van der Waals surface area contributed by atoms with E-state index in [0.29, 0.717) is 25.5 Å². The standard InChI is InChI=1S/C15H26N2O4/c1-11-2-4-12(5-3-11)6-8-16-14(20)17-15(13(18)19)7-9-21-10-15/h11-12H,2-10H2,1H3,(H,18,19)(H2,16,17,20). The van der Waals surface area contributed by atoms with Gasteiger partial charge in [-0.1, -0.05) is 32.6 Å². The van der Waals surface area contributed by atoms with Crippen LogP contribution in [0.1, 0.15) is 45.4 Å². The van der Waals surface area contributed by atoms with E-state index in [1.54, 1.807) is 0 Å². The maximum atomic E-state index is 11.9. The monoisotopic (exact) mass is 298 g/mol. The topological polar surface area (TPSA) is 87.7 Å². The minimum Gasteiger partial charge on any atom is -0.479 e. The molecule has 2 rings (SSSR count). The summed E-state index contributed by atoms with van der Waals surface area (Å²) in [4.78, 5) is 23.1. The summed E-state index contributed by atoms with van der Waals surface area (Å²) in [5.41, 5.74) is -1.26. The van der Waals surface area contributed by atoms with Crippen LogP contribution in [0, 0.1) is 11.8 Å². The van der Waals surface area contributed by atoms with Crippen LogP contribution < -0.4 is 10.6 Å². The first-order valence-corrected chi connectivity index (χ1v) is 7.89. The van der Waals surface area contributed by atoms with E-state index >= 15 is 0 Å². The van der Waals surface area contributed by atoms with Crippen molar-refractivity contribution >= 4 is 12.0 Å². The Bertz CT molecular complexity index is 372. The molecule has 0 radical (unpaired) electrons. The van der Waals surface area contributed by atoms with Gasteiger partial charge < -0.3 is 20.5 Å². The quantitative estimate of drug-likeness (QED) is 0.721. The number of rotatable bonds is 5. The molecule has 120 valence electrons. The third kappa shape index (κ3) is 4.33. The molecule has 2 fully saturated rings. The Kier molecular flexibility index (Phi) is 5.45. The van der Waals surface area contributed by atoms with E-state index in [9.17, 15) is 14.7 Å². The Morgan fingerprint density at radius 2 is 2.00 bits per heavy atom. The van der Waals surface area contributed by atoms with Crippen molar-refractivity contribution in [3.63, 3.8) is 0 Å². The van der Waals surface area contributed by atoms with Crippen LogP contribution in [0.3, 0.4) is 0 Å². The summed E-state index contributed by atoms with van der Waals surface area (Å²) in [5.74, 6) is 0.483. The third-order valence-electron chi connectivity index (χ3n) is 4.76. The number of carboxylic acids is 1. The number of carbonyl (C=O) groups excluding carboxylic acids is 1. The fraction of sp³-hybridized carbons (Fsp3) is 0.867. The van der Waals surface area contributed by atoms with E-state index in [4.69, 9.17) is 4.74 Å². The summed E-state index contributed by atoms with van der Waals surface area (Å²) < 4.78 is 5.11. The number of nitrogens with one attached hydrogen (secondary N) is 2. The predicted molar refractivity (Wildman–Crippen MR) is 78.1 cm³/mol. The van der Waals surface area contributed by atoms with E-state index in [-0.39, 0.29) is 6.61 Å². The second-order valence-electron chi connectivity index (χ2n) is 6.49. The second kappa shape index (κ2) is 7.11. The van der Waals surface area contributed by atoms with Crippen molar-refractivity contribution in [3.8, 4) is 0 Å². The minimum absolute atomic E-state index is 0.0380. The molecule has 1 heterocycles. The first kappa shape index (κ1) is 16.1. The lowest BCUT2D eigenvalue weighted by Gasteiger charge is -2.27. The highest BCUT2D eigenvalue weighted by Gasteiger charge is 2.43. The maximum absolute atomic E-state index is 11.9. The summed E-state index contributed by atoms with van der Waals surface area (Å²) in [5, 5.41) is 14.6. The van der Waals surface area contributed by atoms with Gasteiger partial charge in [-0.3, -0.25) is 0 Å². The van der Waals surface area contributed by atoms with Crippen molar-refractivity contribution < 1.29 is 19.4 Å². The van der Waals surface area contributed by atoms with Gasteiger partial charge in [-0.15, -0.1) is 0 Å². The van der Waals surface area contributed by atoms with Crippen LogP contribution in [-0.4, -0.2) is 42.4 Å². The summed E-state index contributed by atoms with van der Waals surface area (Å²) >= 11 is 0. The molecule has 1 saturated heterocycles. The van der Waals surface area contributed by atoms with Crippen LogP contribution in [0.4, 0.5) is 4.79 Å². The van der Waals surface area contributed by atoms with Gasteiger partial charge in [0.2, 0.25) is 0 Å². The number of carbonyl (C=O) groups is 2. The minimum atomic E-state index is -1.26. The first-order valence-electron chi connectivity index (χ1n) is 7.89. The fourth-order valence-electron chi connectivity index (χ4n) is 3.15. The van der Waals surface area contributed by atoms with Crippen LogP contribution in [0.15, 0.2) is 0 Å². The lowest BCUT2D eigenvalue weighted by Crippen LogP contribution is -2.57. The molecule has 3 N–H and O–H groups in total. The average molecular weight is 298 g/mol. The molecule has 0 aromatic rings. The number of hydrogen-bond acceptors (Lipinski definition) is 3. The molecule has 1 aliphatic heterocycles. The lowest BCUT2D eigenvalue weighted by molar-refractivity contribution is -0.144. The zero-order valence-corrected chi connectivity index (χ0v) is 12.7. The van der Waals surface area contributed by atoms with Crippen LogP contribution in [-0.2, 0) is 9.53 Å². The summed E-state index contributed by atoms with van der Waals surface area (Å²) in [6, 6.07) is -0.410. The molecular formula is C15H26N2O4. The fourth-order valence-corrected chi connectivity index (χ4v) is 3.15. The van der Waals surface area contributed by atoms with Gasteiger partial charge in [0.05, 0.1) is 6.61 Å². The number of urea groups is 1. The van der Waals surface area contributed by atoms with E-state index in [1.807, 2.05) is 0 Å². The molecule has 1 aliphatic carbocycles. The highest BCUT2D eigenvalue weighted by atomic mass is 16.5. The first-order chi connectivity index (χ1) is 10.0. The van der Waals surface area contributed by atoms with Crippen LogP contribution in [0.5, 0.6) is 0 Å². The van der Waals surface area contributed by atoms with Gasteiger partial charge in [-0.25, -0.2) is 9.59 Å². The number of ether oxygens (including phenoxy) is 1. The molecule has 0 spiro atoms. The SMILES string of the molecule is CC1CCC(CCNC(=O)NC2(C(=O)O)CCOC2)CC1. The largest absolute Gasteiger partial charge is 0.479 e. The van der Waals surface area contributed by atoms with Crippen LogP contribution in [0.2, 0.25) is 0 Å². The molecule has 1 saturated carbocycles. The number of hydrogen-bond donors (Lipinski definition) is 3. The van der Waals surface area contributed by atoms with Crippen molar-refractivity contribution in [2.45, 2.75) is 51.0 Å². The van der Waals surface area contributed by atoms with Crippen molar-refractivity contribution in [1.82, 2.24) is 10.6 Å². The van der Waals surface area contributed by atoms with Crippen molar-refractivity contribution in [3.05, 3.63) is 0 Å². The van der Waals surface area contributed by atoms with Gasteiger partial charge in [0, 0.05) is 19.6 Å². The lowest BCUT2D eigenvalue weighted by atomic mass is 9.81. The zero-order chi connectivity index (χ0) is 15.3. The molecule has 0 bridgehead atoms. The number of aliphatic carboxylic acids is 1. The van der Waals surface area contributed by atoms with Crippen LogP contribution in [0.25, 0.3) is 0 Å². The number of carboxylic acid groups (broad SMARTS) is 1. The highest BCUT2D eigenvalue weighted by molar-refractivity contribution is 5.86. The van der Waals surface area contributed by atoms with Gasteiger partial charge in [0.1, 0.15) is 0 Å². The summed E-state index contributed by atoms with van der Waals surface area (Å²) in [7, 11) is 0. The Morgan fingerprint density at radius 1 is 1.29 bits per heavy atom. The Morgan fingerprint density at radius 3 is 2.57 bits per heavy atom. The van der Waals surface area contributed by atoms with Gasteiger partial charge in [0.15, 0.2) is 5.54 Å². The Hall–Kier alpha value is -1.30. The highest BCUT2D eigenvalue weighted by Crippen LogP contribution is 2.29. The molecule has 1 atom stereocenters.